The number of ether oxygens (including phenoxy) is 1. The Bertz CT molecular complexity index is 644. The van der Waals surface area contributed by atoms with E-state index in [1.54, 1.807) is 24.4 Å². The summed E-state index contributed by atoms with van der Waals surface area (Å²) in [6.45, 7) is 0.302. The van der Waals surface area contributed by atoms with Gasteiger partial charge in [0.1, 0.15) is 18.2 Å². The molecule has 0 spiro atoms. The van der Waals surface area contributed by atoms with Crippen molar-refractivity contribution in [2.75, 3.05) is 6.54 Å². The summed E-state index contributed by atoms with van der Waals surface area (Å²) in [4.78, 5) is 4.00. The number of rotatable bonds is 3. The molecule has 1 aromatic heterocycles. The third-order valence-electron chi connectivity index (χ3n) is 2.49. The zero-order chi connectivity index (χ0) is 14.4. The van der Waals surface area contributed by atoms with Gasteiger partial charge in [-0.2, -0.15) is 0 Å². The minimum Gasteiger partial charge on any atom is -0.487 e. The monoisotopic (exact) mass is 290 g/mol. The van der Waals surface area contributed by atoms with Crippen LogP contribution in [0.1, 0.15) is 11.1 Å². The molecule has 0 aliphatic heterocycles. The number of halogens is 2. The molecule has 102 valence electrons. The Morgan fingerprint density at radius 3 is 2.95 bits per heavy atom. The molecule has 20 heavy (non-hydrogen) atoms. The summed E-state index contributed by atoms with van der Waals surface area (Å²) in [6, 6.07) is 6.22. The molecule has 0 unspecified atom stereocenters. The minimum absolute atomic E-state index is 0.0287. The molecule has 0 radical (unpaired) electrons. The predicted molar refractivity (Wildman–Crippen MR) is 75.9 cm³/mol. The fourth-order valence-electron chi connectivity index (χ4n) is 1.54. The number of pyridine rings is 1. The molecule has 2 aromatic rings. The van der Waals surface area contributed by atoms with E-state index in [9.17, 15) is 4.39 Å². The van der Waals surface area contributed by atoms with E-state index < -0.39 is 5.82 Å². The molecule has 0 bridgehead atoms. The number of hydrogen-bond donors (Lipinski definition) is 1. The van der Waals surface area contributed by atoms with Crippen LogP contribution in [0, 0.1) is 17.7 Å². The van der Waals surface area contributed by atoms with Gasteiger partial charge in [0.2, 0.25) is 0 Å². The highest BCUT2D eigenvalue weighted by Gasteiger charge is 2.07. The van der Waals surface area contributed by atoms with Crippen LogP contribution in [0.3, 0.4) is 0 Å². The van der Waals surface area contributed by atoms with E-state index >= 15 is 0 Å². The Labute approximate surface area is 121 Å². The number of hydrogen-bond acceptors (Lipinski definition) is 3. The summed E-state index contributed by atoms with van der Waals surface area (Å²) >= 11 is 5.92. The molecule has 0 aliphatic rings. The topological polar surface area (TPSA) is 48.1 Å². The highest BCUT2D eigenvalue weighted by atomic mass is 35.5. The number of benzene rings is 1. The lowest BCUT2D eigenvalue weighted by Gasteiger charge is -2.08. The van der Waals surface area contributed by atoms with Crippen molar-refractivity contribution in [1.29, 1.82) is 0 Å². The number of nitrogens with two attached hydrogens (primary N) is 1. The first-order chi connectivity index (χ1) is 9.70. The standard InChI is InChI=1S/C15H12ClFN2O/c16-14-4-1-5-15(17)13(14)10-20-12-7-11(3-2-6-18)8-19-9-12/h1,4-5,7-9H,6,10,18H2. The van der Waals surface area contributed by atoms with Gasteiger partial charge in [-0.1, -0.05) is 29.5 Å². The van der Waals surface area contributed by atoms with Gasteiger partial charge < -0.3 is 10.5 Å². The van der Waals surface area contributed by atoms with Gasteiger partial charge in [-0.15, -0.1) is 0 Å². The van der Waals surface area contributed by atoms with Crippen molar-refractivity contribution >= 4 is 11.6 Å². The lowest BCUT2D eigenvalue weighted by Crippen LogP contribution is -2.00. The van der Waals surface area contributed by atoms with Crippen molar-refractivity contribution in [3.05, 3.63) is 58.6 Å². The fraction of sp³-hybridized carbons (Fsp3) is 0.133. The summed E-state index contributed by atoms with van der Waals surface area (Å²) in [5.74, 6) is 5.67. The van der Waals surface area contributed by atoms with Crippen LogP contribution < -0.4 is 10.5 Å². The van der Waals surface area contributed by atoms with Crippen LogP contribution in [-0.2, 0) is 6.61 Å². The lowest BCUT2D eigenvalue weighted by molar-refractivity contribution is 0.298. The quantitative estimate of drug-likeness (QED) is 0.884. The summed E-state index contributed by atoms with van der Waals surface area (Å²) in [5.41, 5.74) is 6.30. The van der Waals surface area contributed by atoms with E-state index in [1.165, 1.54) is 12.3 Å². The third kappa shape index (κ3) is 3.70. The van der Waals surface area contributed by atoms with Crippen LogP contribution in [0.15, 0.2) is 36.7 Å². The molecule has 1 aromatic carbocycles. The molecule has 0 aliphatic carbocycles. The minimum atomic E-state index is -0.399. The van der Waals surface area contributed by atoms with E-state index in [0.717, 1.165) is 0 Å². The van der Waals surface area contributed by atoms with Crippen LogP contribution in [0.2, 0.25) is 5.02 Å². The molecule has 0 fully saturated rings. The number of nitrogens with zero attached hydrogens (tertiary/aromatic N) is 1. The maximum atomic E-state index is 13.6. The zero-order valence-corrected chi connectivity index (χ0v) is 11.3. The first-order valence-electron chi connectivity index (χ1n) is 5.90. The van der Waals surface area contributed by atoms with Gasteiger partial charge in [0.25, 0.3) is 0 Å². The molecular formula is C15H12ClFN2O. The average molecular weight is 291 g/mol. The SMILES string of the molecule is NCC#Cc1cncc(OCc2c(F)cccc2Cl)c1. The molecular weight excluding hydrogens is 279 g/mol. The van der Waals surface area contributed by atoms with Crippen LogP contribution in [-0.4, -0.2) is 11.5 Å². The second-order valence-corrected chi connectivity index (χ2v) is 4.31. The average Bonchev–Trinajstić information content (AvgIpc) is 2.45. The molecule has 5 heteroatoms. The van der Waals surface area contributed by atoms with Gasteiger partial charge >= 0.3 is 0 Å². The Morgan fingerprint density at radius 2 is 2.20 bits per heavy atom. The molecule has 0 saturated carbocycles. The molecule has 3 nitrogen and oxygen atoms in total. The maximum absolute atomic E-state index is 13.6. The van der Waals surface area contributed by atoms with Crippen LogP contribution in [0.4, 0.5) is 4.39 Å². The van der Waals surface area contributed by atoms with Crippen molar-refractivity contribution in [1.82, 2.24) is 4.98 Å². The Hall–Kier alpha value is -2.09. The summed E-state index contributed by atoms with van der Waals surface area (Å²) in [7, 11) is 0. The molecule has 2 rings (SSSR count). The smallest absolute Gasteiger partial charge is 0.139 e. The van der Waals surface area contributed by atoms with E-state index in [4.69, 9.17) is 22.1 Å². The lowest BCUT2D eigenvalue weighted by atomic mass is 10.2. The van der Waals surface area contributed by atoms with Crippen molar-refractivity contribution in [3.8, 4) is 17.6 Å². The molecule has 1 heterocycles. The summed E-state index contributed by atoms with van der Waals surface area (Å²) in [6.07, 6.45) is 3.13. The Kier molecular flexibility index (Phi) is 4.94. The molecule has 0 atom stereocenters. The van der Waals surface area contributed by atoms with E-state index in [-0.39, 0.29) is 13.2 Å². The van der Waals surface area contributed by atoms with Crippen molar-refractivity contribution in [2.45, 2.75) is 6.61 Å². The highest BCUT2D eigenvalue weighted by Crippen LogP contribution is 2.21. The van der Waals surface area contributed by atoms with Crippen molar-refractivity contribution in [3.63, 3.8) is 0 Å². The largest absolute Gasteiger partial charge is 0.487 e. The van der Waals surface area contributed by atoms with Gasteiger partial charge in [-0.3, -0.25) is 4.98 Å². The summed E-state index contributed by atoms with van der Waals surface area (Å²) in [5, 5.41) is 0.331. The predicted octanol–water partition coefficient (Wildman–Crippen LogP) is 2.76. The van der Waals surface area contributed by atoms with Crippen LogP contribution in [0.25, 0.3) is 0 Å². The first kappa shape index (κ1) is 14.3. The van der Waals surface area contributed by atoms with Crippen molar-refractivity contribution < 1.29 is 9.13 Å². The van der Waals surface area contributed by atoms with E-state index in [2.05, 4.69) is 16.8 Å². The molecule has 0 saturated heterocycles. The fourth-order valence-corrected chi connectivity index (χ4v) is 1.76. The maximum Gasteiger partial charge on any atom is 0.139 e. The Balaban J connectivity index is 2.11. The van der Waals surface area contributed by atoms with Crippen LogP contribution in [0.5, 0.6) is 5.75 Å². The van der Waals surface area contributed by atoms with Gasteiger partial charge in [-0.05, 0) is 18.2 Å². The van der Waals surface area contributed by atoms with Crippen LogP contribution >= 0.6 is 11.6 Å². The zero-order valence-electron chi connectivity index (χ0n) is 10.6. The molecule has 2 N–H and O–H groups in total. The van der Waals surface area contributed by atoms with Gasteiger partial charge in [0.15, 0.2) is 0 Å². The number of aromatic nitrogens is 1. The summed E-state index contributed by atoms with van der Waals surface area (Å²) < 4.78 is 19.1. The first-order valence-corrected chi connectivity index (χ1v) is 6.28. The van der Waals surface area contributed by atoms with Gasteiger partial charge in [-0.25, -0.2) is 4.39 Å². The third-order valence-corrected chi connectivity index (χ3v) is 2.85. The second-order valence-electron chi connectivity index (χ2n) is 3.90. The highest BCUT2D eigenvalue weighted by molar-refractivity contribution is 6.31. The van der Waals surface area contributed by atoms with Gasteiger partial charge in [0.05, 0.1) is 17.8 Å². The second kappa shape index (κ2) is 6.90. The van der Waals surface area contributed by atoms with E-state index in [1.807, 2.05) is 0 Å². The normalized spacial score (nSPS) is 9.75. The van der Waals surface area contributed by atoms with Crippen molar-refractivity contribution in [2.24, 2.45) is 5.73 Å². The van der Waals surface area contributed by atoms with Gasteiger partial charge in [0, 0.05) is 17.3 Å². The van der Waals surface area contributed by atoms with E-state index in [0.29, 0.717) is 21.9 Å². The Morgan fingerprint density at radius 1 is 1.35 bits per heavy atom. The molecule has 0 amide bonds.